The Morgan fingerprint density at radius 2 is 1.79 bits per heavy atom. The highest BCUT2D eigenvalue weighted by molar-refractivity contribution is 5.56. The molecular formula is C13H25N5O. The van der Waals surface area contributed by atoms with Crippen molar-refractivity contribution >= 4 is 11.6 Å². The maximum atomic E-state index is 8.70. The first-order chi connectivity index (χ1) is 9.22. The van der Waals surface area contributed by atoms with Crippen LogP contribution in [-0.4, -0.2) is 28.2 Å². The molecule has 0 saturated heterocycles. The van der Waals surface area contributed by atoms with Crippen molar-refractivity contribution in [3.63, 3.8) is 0 Å². The van der Waals surface area contributed by atoms with E-state index in [0.29, 0.717) is 5.82 Å². The number of unbranched alkanes of at least 4 members (excludes halogenated alkanes) is 3. The van der Waals surface area contributed by atoms with Crippen LogP contribution < -0.4 is 16.6 Å². The molecule has 5 N–H and O–H groups in total. The van der Waals surface area contributed by atoms with E-state index in [0.717, 1.165) is 55.9 Å². The third kappa shape index (κ3) is 5.00. The number of hydrogen-bond acceptors (Lipinski definition) is 6. The molecule has 0 amide bonds. The molecule has 1 heterocycles. The minimum absolute atomic E-state index is 0.282. The lowest BCUT2D eigenvalue weighted by Crippen LogP contribution is -2.15. The zero-order valence-corrected chi connectivity index (χ0v) is 11.9. The smallest absolute Gasteiger partial charge is 0.148 e. The van der Waals surface area contributed by atoms with E-state index in [1.165, 1.54) is 0 Å². The molecule has 0 radical (unpaired) electrons. The van der Waals surface area contributed by atoms with Gasteiger partial charge in [-0.3, -0.25) is 0 Å². The van der Waals surface area contributed by atoms with Gasteiger partial charge in [0.25, 0.3) is 0 Å². The second-order valence-electron chi connectivity index (χ2n) is 4.52. The molecule has 0 unspecified atom stereocenters. The summed E-state index contributed by atoms with van der Waals surface area (Å²) in [4.78, 5) is 8.80. The molecule has 1 rings (SSSR count). The number of aliphatic hydroxyl groups is 1. The van der Waals surface area contributed by atoms with Crippen LogP contribution in [0.4, 0.5) is 11.6 Å². The molecule has 0 aromatic carbocycles. The minimum Gasteiger partial charge on any atom is -0.396 e. The summed E-state index contributed by atoms with van der Waals surface area (Å²) in [5, 5.41) is 12.0. The van der Waals surface area contributed by atoms with E-state index >= 15 is 0 Å². The van der Waals surface area contributed by atoms with E-state index in [2.05, 4.69) is 20.7 Å². The van der Waals surface area contributed by atoms with Gasteiger partial charge in [-0.05, 0) is 19.8 Å². The van der Waals surface area contributed by atoms with E-state index in [1.807, 2.05) is 13.8 Å². The lowest BCUT2D eigenvalue weighted by Gasteiger charge is -2.13. The molecule has 6 nitrogen and oxygen atoms in total. The second-order valence-corrected chi connectivity index (χ2v) is 4.52. The van der Waals surface area contributed by atoms with Gasteiger partial charge in [0.1, 0.15) is 17.5 Å². The molecule has 0 fully saturated rings. The van der Waals surface area contributed by atoms with Crippen LogP contribution in [0.3, 0.4) is 0 Å². The zero-order chi connectivity index (χ0) is 14.1. The van der Waals surface area contributed by atoms with E-state index in [1.54, 1.807) is 0 Å². The standard InChI is InChI=1S/C13H25N5O/c1-3-11-16-12(10(2)13(17-11)18-14)15-8-6-4-5-7-9-19/h19H,3-9,14H2,1-2H3,(H2,15,16,17,18). The minimum atomic E-state index is 0.282. The van der Waals surface area contributed by atoms with Crippen LogP contribution in [0.15, 0.2) is 0 Å². The molecule has 0 aliphatic rings. The number of nitrogens with zero attached hydrogens (tertiary/aromatic N) is 2. The first-order valence-corrected chi connectivity index (χ1v) is 6.91. The van der Waals surface area contributed by atoms with Crippen LogP contribution in [-0.2, 0) is 6.42 Å². The lowest BCUT2D eigenvalue weighted by molar-refractivity contribution is 0.283. The van der Waals surface area contributed by atoms with E-state index in [4.69, 9.17) is 10.9 Å². The first-order valence-electron chi connectivity index (χ1n) is 6.91. The Balaban J connectivity index is 2.52. The number of hydrazine groups is 1. The van der Waals surface area contributed by atoms with Gasteiger partial charge in [0.2, 0.25) is 0 Å². The number of nitrogens with one attached hydrogen (secondary N) is 2. The van der Waals surface area contributed by atoms with Gasteiger partial charge in [-0.15, -0.1) is 0 Å². The fourth-order valence-electron chi connectivity index (χ4n) is 1.83. The van der Waals surface area contributed by atoms with Crippen LogP contribution in [0.2, 0.25) is 0 Å². The molecular weight excluding hydrogens is 242 g/mol. The Morgan fingerprint density at radius 3 is 2.42 bits per heavy atom. The summed E-state index contributed by atoms with van der Waals surface area (Å²) in [5.74, 6) is 7.76. The molecule has 0 bridgehead atoms. The third-order valence-corrected chi connectivity index (χ3v) is 3.02. The Bertz CT molecular complexity index is 384. The van der Waals surface area contributed by atoms with Crippen molar-refractivity contribution in [2.75, 3.05) is 23.9 Å². The number of aryl methyl sites for hydroxylation is 1. The van der Waals surface area contributed by atoms with E-state index in [-0.39, 0.29) is 6.61 Å². The Hall–Kier alpha value is -1.40. The number of aromatic nitrogens is 2. The summed E-state index contributed by atoms with van der Waals surface area (Å²) in [6.07, 6.45) is 4.90. The molecule has 0 aliphatic heterocycles. The summed E-state index contributed by atoms with van der Waals surface area (Å²) in [7, 11) is 0. The zero-order valence-electron chi connectivity index (χ0n) is 11.9. The highest BCUT2D eigenvalue weighted by Gasteiger charge is 2.08. The van der Waals surface area contributed by atoms with Crippen molar-refractivity contribution < 1.29 is 5.11 Å². The third-order valence-electron chi connectivity index (χ3n) is 3.02. The van der Waals surface area contributed by atoms with Crippen molar-refractivity contribution in [1.82, 2.24) is 9.97 Å². The highest BCUT2D eigenvalue weighted by atomic mass is 16.2. The van der Waals surface area contributed by atoms with Crippen molar-refractivity contribution in [2.24, 2.45) is 5.84 Å². The summed E-state index contributed by atoms with van der Waals surface area (Å²) >= 11 is 0. The highest BCUT2D eigenvalue weighted by Crippen LogP contribution is 2.19. The van der Waals surface area contributed by atoms with Gasteiger partial charge in [0.05, 0.1) is 0 Å². The largest absolute Gasteiger partial charge is 0.396 e. The van der Waals surface area contributed by atoms with Crippen molar-refractivity contribution in [3.8, 4) is 0 Å². The molecule has 19 heavy (non-hydrogen) atoms. The average Bonchev–Trinajstić information content (AvgIpc) is 2.44. The molecule has 0 atom stereocenters. The van der Waals surface area contributed by atoms with Crippen molar-refractivity contribution in [1.29, 1.82) is 0 Å². The Kier molecular flexibility index (Phi) is 7.14. The van der Waals surface area contributed by atoms with Gasteiger partial charge < -0.3 is 15.8 Å². The van der Waals surface area contributed by atoms with Crippen LogP contribution in [0.5, 0.6) is 0 Å². The Labute approximate surface area is 114 Å². The fraction of sp³-hybridized carbons (Fsp3) is 0.692. The predicted octanol–water partition coefficient (Wildman–Crippen LogP) is 1.60. The van der Waals surface area contributed by atoms with Crippen LogP contribution in [0.1, 0.15) is 44.0 Å². The Morgan fingerprint density at radius 1 is 1.11 bits per heavy atom. The maximum Gasteiger partial charge on any atom is 0.148 e. The number of rotatable bonds is 9. The molecule has 0 spiro atoms. The van der Waals surface area contributed by atoms with Gasteiger partial charge in [-0.25, -0.2) is 15.8 Å². The molecule has 108 valence electrons. The first kappa shape index (κ1) is 15.7. The van der Waals surface area contributed by atoms with Crippen molar-refractivity contribution in [2.45, 2.75) is 46.0 Å². The fourth-order valence-corrected chi connectivity index (χ4v) is 1.83. The molecule has 0 aliphatic carbocycles. The average molecular weight is 267 g/mol. The molecule has 6 heteroatoms. The topological polar surface area (TPSA) is 96.1 Å². The summed E-state index contributed by atoms with van der Waals surface area (Å²) in [5.41, 5.74) is 3.55. The number of anilines is 2. The predicted molar refractivity (Wildman–Crippen MR) is 78.0 cm³/mol. The van der Waals surface area contributed by atoms with Gasteiger partial charge >= 0.3 is 0 Å². The maximum absolute atomic E-state index is 8.70. The van der Waals surface area contributed by atoms with Crippen molar-refractivity contribution in [3.05, 3.63) is 11.4 Å². The number of hydrogen-bond donors (Lipinski definition) is 4. The van der Waals surface area contributed by atoms with Crippen LogP contribution in [0.25, 0.3) is 0 Å². The number of nitrogens with two attached hydrogens (primary N) is 1. The van der Waals surface area contributed by atoms with Crippen LogP contribution >= 0.6 is 0 Å². The second kappa shape index (κ2) is 8.66. The SMILES string of the molecule is CCc1nc(NN)c(C)c(NCCCCCCO)n1. The van der Waals surface area contributed by atoms with Gasteiger partial charge in [-0.2, -0.15) is 0 Å². The van der Waals surface area contributed by atoms with Gasteiger partial charge in [0, 0.05) is 25.1 Å². The van der Waals surface area contributed by atoms with E-state index in [9.17, 15) is 0 Å². The normalized spacial score (nSPS) is 10.5. The number of aliphatic hydroxyl groups excluding tert-OH is 1. The summed E-state index contributed by atoms with van der Waals surface area (Å²) in [6, 6.07) is 0. The molecule has 0 saturated carbocycles. The lowest BCUT2D eigenvalue weighted by atomic mass is 10.2. The van der Waals surface area contributed by atoms with Gasteiger partial charge in [-0.1, -0.05) is 19.8 Å². The van der Waals surface area contributed by atoms with Crippen LogP contribution in [0, 0.1) is 6.92 Å². The van der Waals surface area contributed by atoms with Gasteiger partial charge in [0.15, 0.2) is 0 Å². The summed E-state index contributed by atoms with van der Waals surface area (Å²) < 4.78 is 0. The van der Waals surface area contributed by atoms with E-state index < -0.39 is 0 Å². The summed E-state index contributed by atoms with van der Waals surface area (Å²) in [6.45, 7) is 5.12. The monoisotopic (exact) mass is 267 g/mol. The molecule has 1 aromatic heterocycles. The number of nitrogen functional groups attached to an aromatic ring is 1. The molecule has 1 aromatic rings. The quantitative estimate of drug-likeness (QED) is 0.308.